The predicted molar refractivity (Wildman–Crippen MR) is 60.8 cm³/mol. The fourth-order valence-electron chi connectivity index (χ4n) is 2.32. The molecule has 0 bridgehead atoms. The molecule has 2 rings (SSSR count). The van der Waals surface area contributed by atoms with Crippen molar-refractivity contribution in [1.29, 1.82) is 0 Å². The van der Waals surface area contributed by atoms with Crippen LogP contribution in [-0.2, 0) is 23.7 Å². The van der Waals surface area contributed by atoms with Gasteiger partial charge in [-0.2, -0.15) is 0 Å². The topological polar surface area (TPSA) is 74.2 Å². The molecule has 18 heavy (non-hydrogen) atoms. The Morgan fingerprint density at radius 1 is 1.17 bits per heavy atom. The second-order valence-electron chi connectivity index (χ2n) is 5.56. The molecular weight excluding hydrogens is 240 g/mol. The Labute approximate surface area is 106 Å². The van der Waals surface area contributed by atoms with Gasteiger partial charge in [-0.25, -0.2) is 0 Å². The van der Waals surface area contributed by atoms with Crippen molar-refractivity contribution < 1.29 is 28.8 Å². The summed E-state index contributed by atoms with van der Waals surface area (Å²) >= 11 is 0. The molecule has 2 fully saturated rings. The zero-order valence-electron chi connectivity index (χ0n) is 11.1. The van der Waals surface area contributed by atoms with Crippen LogP contribution in [0.25, 0.3) is 0 Å². The highest BCUT2D eigenvalue weighted by atomic mass is 16.8. The quantitative estimate of drug-likeness (QED) is 0.732. The second-order valence-corrected chi connectivity index (χ2v) is 5.56. The fraction of sp³-hybridized carbons (Fsp3) is 0.917. The van der Waals surface area contributed by atoms with Crippen molar-refractivity contribution in [2.24, 2.45) is 0 Å². The molecule has 0 aromatic carbocycles. The van der Waals surface area contributed by atoms with Crippen LogP contribution in [0, 0.1) is 0 Å². The first-order valence-corrected chi connectivity index (χ1v) is 6.05. The van der Waals surface area contributed by atoms with Crippen LogP contribution in [0.4, 0.5) is 0 Å². The first kappa shape index (κ1) is 13.9. The maximum atomic E-state index is 10.7. The lowest BCUT2D eigenvalue weighted by Crippen LogP contribution is -2.44. The number of carbonyl (C=O) groups excluding carboxylic acids is 1. The summed E-state index contributed by atoms with van der Waals surface area (Å²) in [5, 5.41) is 9.68. The van der Waals surface area contributed by atoms with E-state index in [-0.39, 0.29) is 6.10 Å². The van der Waals surface area contributed by atoms with E-state index in [1.54, 1.807) is 27.7 Å². The first-order valence-electron chi connectivity index (χ1n) is 6.05. The molecule has 4 atom stereocenters. The monoisotopic (exact) mass is 260 g/mol. The van der Waals surface area contributed by atoms with Gasteiger partial charge >= 0.3 is 0 Å². The summed E-state index contributed by atoms with van der Waals surface area (Å²) in [4.78, 5) is 10.7. The van der Waals surface area contributed by atoms with Crippen LogP contribution in [-0.4, -0.2) is 54.0 Å². The molecule has 0 radical (unpaired) electrons. The van der Waals surface area contributed by atoms with Crippen molar-refractivity contribution in [3.63, 3.8) is 0 Å². The van der Waals surface area contributed by atoms with Crippen LogP contribution in [0.2, 0.25) is 0 Å². The molecule has 2 heterocycles. The minimum atomic E-state index is -1.23. The van der Waals surface area contributed by atoms with Crippen molar-refractivity contribution in [1.82, 2.24) is 0 Å². The highest BCUT2D eigenvalue weighted by molar-refractivity contribution is 5.57. The fourth-order valence-corrected chi connectivity index (χ4v) is 2.32. The molecule has 6 heteroatoms. The molecule has 6 nitrogen and oxygen atoms in total. The maximum Gasteiger partial charge on any atom is 0.164 e. The van der Waals surface area contributed by atoms with Gasteiger partial charge in [0.15, 0.2) is 17.9 Å². The van der Waals surface area contributed by atoms with Crippen LogP contribution in [0.1, 0.15) is 27.7 Å². The van der Waals surface area contributed by atoms with E-state index in [0.717, 1.165) is 0 Å². The number of hydrogen-bond donors (Lipinski definition) is 1. The zero-order valence-corrected chi connectivity index (χ0v) is 11.1. The predicted octanol–water partition coefficient (Wildman–Crippen LogP) is 0.218. The summed E-state index contributed by atoms with van der Waals surface area (Å²) in [6, 6.07) is 0. The Hall–Kier alpha value is -0.530. The molecule has 0 saturated carbocycles. The maximum absolute atomic E-state index is 10.7. The second kappa shape index (κ2) is 4.54. The SMILES string of the molecule is CC1(C)O[C@H]([C@@H](O)C=O)[C@@H]([C@H]2COC(C)(C)O2)O1. The molecular formula is C12H20O6. The first-order chi connectivity index (χ1) is 8.24. The Balaban J connectivity index is 2.12. The molecule has 0 aromatic heterocycles. The molecule has 0 aliphatic carbocycles. The normalized spacial score (nSPS) is 39.7. The Kier molecular flexibility index (Phi) is 3.50. The number of rotatable bonds is 3. The van der Waals surface area contributed by atoms with Crippen LogP contribution < -0.4 is 0 Å². The summed E-state index contributed by atoms with van der Waals surface area (Å²) < 4.78 is 22.4. The molecule has 1 N–H and O–H groups in total. The van der Waals surface area contributed by atoms with Crippen molar-refractivity contribution in [3.8, 4) is 0 Å². The van der Waals surface area contributed by atoms with Gasteiger partial charge in [-0.1, -0.05) is 0 Å². The van der Waals surface area contributed by atoms with Crippen LogP contribution in [0.5, 0.6) is 0 Å². The van der Waals surface area contributed by atoms with Gasteiger partial charge in [-0.15, -0.1) is 0 Å². The smallest absolute Gasteiger partial charge is 0.164 e. The van der Waals surface area contributed by atoms with Crippen molar-refractivity contribution in [2.45, 2.75) is 63.7 Å². The Bertz CT molecular complexity index is 327. The van der Waals surface area contributed by atoms with Gasteiger partial charge in [0.25, 0.3) is 0 Å². The summed E-state index contributed by atoms with van der Waals surface area (Å²) in [7, 11) is 0. The molecule has 0 amide bonds. The number of aliphatic hydroxyl groups is 1. The van der Waals surface area contributed by atoms with E-state index >= 15 is 0 Å². The third-order valence-corrected chi connectivity index (χ3v) is 3.04. The summed E-state index contributed by atoms with van der Waals surface area (Å²) in [6.45, 7) is 7.42. The molecule has 0 unspecified atom stereocenters. The van der Waals surface area contributed by atoms with Gasteiger partial charge in [-0.3, -0.25) is 0 Å². The Morgan fingerprint density at radius 2 is 1.83 bits per heavy atom. The highest BCUT2D eigenvalue weighted by Gasteiger charge is 2.51. The molecule has 2 aliphatic heterocycles. The summed E-state index contributed by atoms with van der Waals surface area (Å²) in [6.07, 6.45) is -2.41. The average molecular weight is 260 g/mol. The third-order valence-electron chi connectivity index (χ3n) is 3.04. The number of ether oxygens (including phenoxy) is 4. The molecule has 104 valence electrons. The largest absolute Gasteiger partial charge is 0.383 e. The minimum absolute atomic E-state index is 0.346. The van der Waals surface area contributed by atoms with E-state index in [1.165, 1.54) is 0 Å². The molecule has 2 aliphatic rings. The number of hydrogen-bond acceptors (Lipinski definition) is 6. The van der Waals surface area contributed by atoms with Crippen molar-refractivity contribution in [3.05, 3.63) is 0 Å². The highest BCUT2D eigenvalue weighted by Crippen LogP contribution is 2.36. The standard InChI is InChI=1S/C12H20O6/c1-11(2)15-6-8(16-11)10-9(7(14)5-13)17-12(3,4)18-10/h5,7-10,14H,6H2,1-4H3/t7-,8+,9+,10+/m0/s1. The van der Waals surface area contributed by atoms with Gasteiger partial charge in [0, 0.05) is 0 Å². The number of aldehydes is 1. The summed E-state index contributed by atoms with van der Waals surface area (Å²) in [5.41, 5.74) is 0. The van der Waals surface area contributed by atoms with Gasteiger partial charge in [0.2, 0.25) is 0 Å². The van der Waals surface area contributed by atoms with Gasteiger partial charge in [-0.05, 0) is 27.7 Å². The van der Waals surface area contributed by atoms with Crippen LogP contribution in [0.3, 0.4) is 0 Å². The molecule has 0 aromatic rings. The Morgan fingerprint density at radius 3 is 2.33 bits per heavy atom. The average Bonchev–Trinajstić information content (AvgIpc) is 2.77. The van der Waals surface area contributed by atoms with Gasteiger partial charge in [0.05, 0.1) is 6.61 Å². The number of carbonyl (C=O) groups is 1. The lowest BCUT2D eigenvalue weighted by molar-refractivity contribution is -0.175. The van der Waals surface area contributed by atoms with E-state index < -0.39 is 29.9 Å². The van der Waals surface area contributed by atoms with Crippen molar-refractivity contribution >= 4 is 6.29 Å². The van der Waals surface area contributed by atoms with Gasteiger partial charge in [0.1, 0.15) is 24.4 Å². The van der Waals surface area contributed by atoms with Crippen molar-refractivity contribution in [2.75, 3.05) is 6.61 Å². The van der Waals surface area contributed by atoms with E-state index in [4.69, 9.17) is 18.9 Å². The van der Waals surface area contributed by atoms with E-state index in [1.807, 2.05) is 0 Å². The lowest BCUT2D eigenvalue weighted by atomic mass is 10.0. The summed E-state index contributed by atoms with van der Waals surface area (Å²) in [5.74, 6) is -1.53. The molecule has 2 saturated heterocycles. The van der Waals surface area contributed by atoms with Gasteiger partial charge < -0.3 is 28.8 Å². The van der Waals surface area contributed by atoms with E-state index in [2.05, 4.69) is 0 Å². The number of aliphatic hydroxyl groups excluding tert-OH is 1. The van der Waals surface area contributed by atoms with Crippen LogP contribution in [0.15, 0.2) is 0 Å². The van der Waals surface area contributed by atoms with Crippen LogP contribution >= 0.6 is 0 Å². The third kappa shape index (κ3) is 2.73. The van der Waals surface area contributed by atoms with E-state index in [9.17, 15) is 9.90 Å². The van der Waals surface area contributed by atoms with E-state index in [0.29, 0.717) is 12.9 Å². The lowest BCUT2D eigenvalue weighted by Gasteiger charge is -2.24. The zero-order chi connectivity index (χ0) is 13.6. The minimum Gasteiger partial charge on any atom is -0.383 e. The molecule has 0 spiro atoms.